The lowest BCUT2D eigenvalue weighted by atomic mass is 10.0. The van der Waals surface area contributed by atoms with E-state index in [4.69, 9.17) is 4.74 Å². The molecular weight excluding hydrogens is 995 g/mol. The Balaban J connectivity index is 3.33. The molecular formula is C75H143NO5. The summed E-state index contributed by atoms with van der Waals surface area (Å²) in [4.78, 5) is 24.5. The summed E-state index contributed by atoms with van der Waals surface area (Å²) in [6, 6.07) is -0.537. The van der Waals surface area contributed by atoms with Crippen LogP contribution < -0.4 is 5.32 Å². The van der Waals surface area contributed by atoms with Crippen molar-refractivity contribution in [3.8, 4) is 0 Å². The highest BCUT2D eigenvalue weighted by Crippen LogP contribution is 2.19. The van der Waals surface area contributed by atoms with Crippen LogP contribution in [0.3, 0.4) is 0 Å². The number of allylic oxidation sites excluding steroid dienone is 6. The number of esters is 1. The second-order valence-electron chi connectivity index (χ2n) is 25.3. The Morgan fingerprint density at radius 2 is 0.617 bits per heavy atom. The van der Waals surface area contributed by atoms with Crippen molar-refractivity contribution in [2.75, 3.05) is 13.2 Å². The molecule has 0 aliphatic heterocycles. The summed E-state index contributed by atoms with van der Waals surface area (Å²) in [6.45, 7) is 4.96. The lowest BCUT2D eigenvalue weighted by Gasteiger charge is -2.22. The average Bonchev–Trinajstić information content (AvgIpc) is 3.47. The van der Waals surface area contributed by atoms with Crippen LogP contribution in [-0.4, -0.2) is 47.4 Å². The molecule has 6 heteroatoms. The van der Waals surface area contributed by atoms with Crippen LogP contribution in [0.5, 0.6) is 0 Å². The zero-order chi connectivity index (χ0) is 58.5. The Bertz CT molecular complexity index is 1310. The molecule has 0 aliphatic rings. The maximum Gasteiger partial charge on any atom is 0.305 e. The maximum atomic E-state index is 12.5. The first kappa shape index (κ1) is 79.1. The van der Waals surface area contributed by atoms with E-state index < -0.39 is 12.1 Å². The Kier molecular flexibility index (Phi) is 68.9. The minimum atomic E-state index is -0.660. The quantitative estimate of drug-likeness (QED) is 0.0320. The van der Waals surface area contributed by atoms with Gasteiger partial charge in [0.25, 0.3) is 0 Å². The molecule has 0 radical (unpaired) electrons. The van der Waals surface area contributed by atoms with Gasteiger partial charge in [0.05, 0.1) is 25.4 Å². The van der Waals surface area contributed by atoms with Gasteiger partial charge >= 0.3 is 5.97 Å². The van der Waals surface area contributed by atoms with Gasteiger partial charge < -0.3 is 20.3 Å². The minimum absolute atomic E-state index is 0.0127. The van der Waals surface area contributed by atoms with Crippen molar-refractivity contribution in [1.29, 1.82) is 0 Å². The van der Waals surface area contributed by atoms with Gasteiger partial charge in [-0.3, -0.25) is 9.59 Å². The summed E-state index contributed by atoms with van der Waals surface area (Å²) >= 11 is 0. The molecule has 0 fully saturated rings. The molecule has 6 nitrogen and oxygen atoms in total. The zero-order valence-electron chi connectivity index (χ0n) is 54.8. The number of hydrogen-bond acceptors (Lipinski definition) is 5. The van der Waals surface area contributed by atoms with Crippen molar-refractivity contribution in [3.63, 3.8) is 0 Å². The number of rotatable bonds is 69. The number of aliphatic hydroxyl groups excluding tert-OH is 2. The highest BCUT2D eigenvalue weighted by atomic mass is 16.5. The Labute approximate surface area is 506 Å². The van der Waals surface area contributed by atoms with Crippen molar-refractivity contribution < 1.29 is 24.5 Å². The van der Waals surface area contributed by atoms with Crippen molar-refractivity contribution in [2.24, 2.45) is 0 Å². The SMILES string of the molecule is CCCCCCCC/C=C\CCCCCCCC(=O)OCCCCCCCCCCCCCCCCC/C=C\C/C=C\CCCCCCCCCCCCCCCCCCCC(=O)NC(CO)C(O)CCCCCCCCCCCC. The summed E-state index contributed by atoms with van der Waals surface area (Å²) in [6.07, 6.45) is 90.9. The molecule has 0 aromatic heterocycles. The molecule has 81 heavy (non-hydrogen) atoms. The first-order valence-electron chi connectivity index (χ1n) is 36.7. The van der Waals surface area contributed by atoms with E-state index >= 15 is 0 Å². The predicted molar refractivity (Wildman–Crippen MR) is 356 cm³/mol. The number of ether oxygens (including phenoxy) is 1. The third kappa shape index (κ3) is 67.1. The van der Waals surface area contributed by atoms with Crippen LogP contribution in [0.4, 0.5) is 0 Å². The van der Waals surface area contributed by atoms with Crippen molar-refractivity contribution >= 4 is 11.9 Å². The number of carbonyl (C=O) groups excluding carboxylic acids is 2. The van der Waals surface area contributed by atoms with Gasteiger partial charge in [-0.1, -0.05) is 346 Å². The molecule has 1 amide bonds. The number of aliphatic hydroxyl groups is 2. The van der Waals surface area contributed by atoms with Crippen molar-refractivity contribution in [1.82, 2.24) is 5.32 Å². The van der Waals surface area contributed by atoms with Gasteiger partial charge in [0.2, 0.25) is 5.91 Å². The van der Waals surface area contributed by atoms with E-state index in [1.54, 1.807) is 0 Å². The van der Waals surface area contributed by atoms with Gasteiger partial charge in [-0.2, -0.15) is 0 Å². The number of carbonyl (C=O) groups is 2. The Hall–Kier alpha value is -1.92. The first-order valence-corrected chi connectivity index (χ1v) is 36.7. The third-order valence-corrected chi connectivity index (χ3v) is 17.2. The fraction of sp³-hybridized carbons (Fsp3) is 0.893. The summed E-state index contributed by atoms with van der Waals surface area (Å²) < 4.78 is 5.49. The van der Waals surface area contributed by atoms with E-state index in [1.807, 2.05) is 0 Å². The van der Waals surface area contributed by atoms with Crippen LogP contribution in [0, 0.1) is 0 Å². The van der Waals surface area contributed by atoms with Gasteiger partial charge in [0.1, 0.15) is 0 Å². The highest BCUT2D eigenvalue weighted by Gasteiger charge is 2.20. The second-order valence-corrected chi connectivity index (χ2v) is 25.3. The van der Waals surface area contributed by atoms with Gasteiger partial charge in [0.15, 0.2) is 0 Å². The number of unbranched alkanes of at least 4 members (excludes halogenated alkanes) is 52. The molecule has 478 valence electrons. The maximum absolute atomic E-state index is 12.5. The second kappa shape index (κ2) is 70.6. The normalized spacial score (nSPS) is 12.7. The lowest BCUT2D eigenvalue weighted by Crippen LogP contribution is -2.45. The predicted octanol–water partition coefficient (Wildman–Crippen LogP) is 23.9. The Morgan fingerprint density at radius 1 is 0.346 bits per heavy atom. The van der Waals surface area contributed by atoms with E-state index in [0.29, 0.717) is 25.9 Å². The largest absolute Gasteiger partial charge is 0.466 e. The molecule has 0 saturated heterocycles. The lowest BCUT2D eigenvalue weighted by molar-refractivity contribution is -0.143. The number of amides is 1. The monoisotopic (exact) mass is 1140 g/mol. The van der Waals surface area contributed by atoms with Crippen LogP contribution in [0.15, 0.2) is 36.5 Å². The van der Waals surface area contributed by atoms with E-state index in [-0.39, 0.29) is 18.5 Å². The summed E-state index contributed by atoms with van der Waals surface area (Å²) in [5, 5.41) is 23.2. The topological polar surface area (TPSA) is 95.9 Å². The molecule has 0 rings (SSSR count). The summed E-state index contributed by atoms with van der Waals surface area (Å²) in [5.41, 5.74) is 0. The number of nitrogens with one attached hydrogen (secondary N) is 1. The van der Waals surface area contributed by atoms with Crippen LogP contribution >= 0.6 is 0 Å². The van der Waals surface area contributed by atoms with Gasteiger partial charge in [-0.15, -0.1) is 0 Å². The van der Waals surface area contributed by atoms with Crippen LogP contribution in [-0.2, 0) is 14.3 Å². The van der Waals surface area contributed by atoms with E-state index in [1.165, 1.54) is 321 Å². The van der Waals surface area contributed by atoms with E-state index in [9.17, 15) is 19.8 Å². The molecule has 0 spiro atoms. The highest BCUT2D eigenvalue weighted by molar-refractivity contribution is 5.76. The summed E-state index contributed by atoms with van der Waals surface area (Å²) in [5.74, 6) is -0.0192. The fourth-order valence-electron chi connectivity index (χ4n) is 11.6. The average molecular weight is 1140 g/mol. The molecule has 3 N–H and O–H groups in total. The molecule has 0 bridgehead atoms. The van der Waals surface area contributed by atoms with E-state index in [0.717, 1.165) is 51.4 Å². The molecule has 0 saturated carbocycles. The van der Waals surface area contributed by atoms with Crippen LogP contribution in [0.25, 0.3) is 0 Å². The summed E-state index contributed by atoms with van der Waals surface area (Å²) in [7, 11) is 0. The van der Waals surface area contributed by atoms with Crippen molar-refractivity contribution in [2.45, 2.75) is 418 Å². The molecule has 0 heterocycles. The fourth-order valence-corrected chi connectivity index (χ4v) is 11.6. The zero-order valence-corrected chi connectivity index (χ0v) is 54.8. The molecule has 0 aliphatic carbocycles. The van der Waals surface area contributed by atoms with Gasteiger partial charge in [-0.05, 0) is 83.5 Å². The standard InChI is InChI=1S/C75H143NO5/c1-3-5-7-9-11-13-15-16-42-46-49-53-57-61-65-69-75(80)81-70-66-62-58-54-50-47-44-41-39-37-35-33-31-29-27-25-23-21-19-17-18-20-22-24-26-28-30-32-34-36-38-40-43-45-48-52-56-60-64-68-74(79)76-72(71-77)73(78)67-63-59-55-51-14-12-10-8-6-4-2/h16-18,21,23,42,72-73,77-78H,3-15,19-20,22,24-41,43-71H2,1-2H3,(H,76,79)/b18-17-,23-21-,42-16-. The molecule has 2 unspecified atom stereocenters. The smallest absolute Gasteiger partial charge is 0.305 e. The Morgan fingerprint density at radius 3 is 0.951 bits per heavy atom. The first-order chi connectivity index (χ1) is 40.0. The van der Waals surface area contributed by atoms with Crippen LogP contribution in [0.2, 0.25) is 0 Å². The molecule has 0 aromatic rings. The number of hydrogen-bond donors (Lipinski definition) is 3. The van der Waals surface area contributed by atoms with Gasteiger partial charge in [0, 0.05) is 12.8 Å². The third-order valence-electron chi connectivity index (χ3n) is 17.2. The van der Waals surface area contributed by atoms with Crippen molar-refractivity contribution in [3.05, 3.63) is 36.5 Å². The molecule has 2 atom stereocenters. The van der Waals surface area contributed by atoms with Gasteiger partial charge in [-0.25, -0.2) is 0 Å². The van der Waals surface area contributed by atoms with Crippen LogP contribution in [0.1, 0.15) is 406 Å². The minimum Gasteiger partial charge on any atom is -0.466 e. The van der Waals surface area contributed by atoms with E-state index in [2.05, 4.69) is 55.6 Å². The molecule has 0 aromatic carbocycles.